The number of fused-ring (bicyclic) bond motifs is 3. The molecule has 0 spiro atoms. The highest BCUT2D eigenvalue weighted by molar-refractivity contribution is 5.86. The minimum Gasteiger partial charge on any atom is -0.336 e. The fourth-order valence-corrected chi connectivity index (χ4v) is 6.02. The fraction of sp³-hybridized carbons (Fsp3) is 0.314. The maximum atomic E-state index is 2.59. The summed E-state index contributed by atoms with van der Waals surface area (Å²) in [7, 11) is 0. The van der Waals surface area contributed by atoms with Crippen LogP contribution in [0.15, 0.2) is 84.9 Å². The van der Waals surface area contributed by atoms with Crippen LogP contribution < -0.4 is 4.90 Å². The molecule has 0 bridgehead atoms. The Hall–Kier alpha value is -3.32. The zero-order chi connectivity index (χ0) is 25.7. The van der Waals surface area contributed by atoms with E-state index in [1.54, 1.807) is 0 Å². The second kappa shape index (κ2) is 8.96. The van der Waals surface area contributed by atoms with Crippen LogP contribution in [0.4, 0.5) is 11.4 Å². The van der Waals surface area contributed by atoms with E-state index in [9.17, 15) is 0 Å². The Morgan fingerprint density at radius 2 is 1.25 bits per heavy atom. The predicted octanol–water partition coefficient (Wildman–Crippen LogP) is 9.72. The molecule has 1 aliphatic carbocycles. The van der Waals surface area contributed by atoms with E-state index in [1.807, 2.05) is 0 Å². The Morgan fingerprint density at radius 1 is 0.611 bits per heavy atom. The third kappa shape index (κ3) is 3.95. The third-order valence-corrected chi connectivity index (χ3v) is 7.88. The second-order valence-corrected chi connectivity index (χ2v) is 11.6. The van der Waals surface area contributed by atoms with Crippen LogP contribution in [0, 0.1) is 0 Å². The van der Waals surface area contributed by atoms with Gasteiger partial charge in [-0.3, -0.25) is 0 Å². The van der Waals surface area contributed by atoms with Crippen LogP contribution in [-0.4, -0.2) is 5.54 Å². The molecule has 0 atom stereocenters. The van der Waals surface area contributed by atoms with Crippen LogP contribution >= 0.6 is 0 Å². The van der Waals surface area contributed by atoms with Crippen molar-refractivity contribution in [2.45, 2.75) is 72.3 Å². The highest BCUT2D eigenvalue weighted by Crippen LogP contribution is 2.51. The lowest BCUT2D eigenvalue weighted by molar-refractivity contribution is 0.557. The van der Waals surface area contributed by atoms with Crippen LogP contribution in [0.5, 0.6) is 0 Å². The SMILES string of the molecule is CCc1cc(-c2ccccc2)ccc1N(c1cc2c(cc1CC)C(C)(C)c1ccccc1-2)C(C)(C)C. The van der Waals surface area contributed by atoms with Crippen molar-refractivity contribution in [3.63, 3.8) is 0 Å². The van der Waals surface area contributed by atoms with Gasteiger partial charge in [0.15, 0.2) is 0 Å². The van der Waals surface area contributed by atoms with Crippen molar-refractivity contribution in [3.8, 4) is 22.3 Å². The first-order valence-corrected chi connectivity index (χ1v) is 13.4. The highest BCUT2D eigenvalue weighted by Gasteiger charge is 2.37. The quantitative estimate of drug-likeness (QED) is 0.279. The summed E-state index contributed by atoms with van der Waals surface area (Å²) in [6.07, 6.45) is 2.00. The van der Waals surface area contributed by atoms with Gasteiger partial charge >= 0.3 is 0 Å². The average molecular weight is 474 g/mol. The molecule has 0 amide bonds. The summed E-state index contributed by atoms with van der Waals surface area (Å²) in [4.78, 5) is 2.59. The van der Waals surface area contributed by atoms with Gasteiger partial charge in [0.25, 0.3) is 0 Å². The van der Waals surface area contributed by atoms with Crippen LogP contribution in [0.1, 0.15) is 70.7 Å². The van der Waals surface area contributed by atoms with Crippen molar-refractivity contribution < 1.29 is 0 Å². The predicted molar refractivity (Wildman–Crippen MR) is 157 cm³/mol. The van der Waals surface area contributed by atoms with Gasteiger partial charge in [-0.05, 0) is 96.3 Å². The summed E-state index contributed by atoms with van der Waals surface area (Å²) in [5.41, 5.74) is 13.6. The Bertz CT molecular complexity index is 1400. The van der Waals surface area contributed by atoms with Crippen molar-refractivity contribution in [3.05, 3.63) is 107 Å². The van der Waals surface area contributed by atoms with E-state index in [2.05, 4.69) is 138 Å². The molecule has 0 aromatic heterocycles. The fourth-order valence-electron chi connectivity index (χ4n) is 6.02. The summed E-state index contributed by atoms with van der Waals surface area (Å²) in [5.74, 6) is 0. The molecule has 0 saturated carbocycles. The van der Waals surface area contributed by atoms with Crippen LogP contribution in [-0.2, 0) is 18.3 Å². The molecule has 0 fully saturated rings. The molecule has 1 aliphatic rings. The molecule has 0 unspecified atom stereocenters. The lowest BCUT2D eigenvalue weighted by Crippen LogP contribution is -2.39. The van der Waals surface area contributed by atoms with Gasteiger partial charge in [-0.1, -0.05) is 94.4 Å². The molecular formula is C35H39N. The molecular weight excluding hydrogens is 434 g/mol. The molecule has 4 aromatic rings. The second-order valence-electron chi connectivity index (χ2n) is 11.6. The zero-order valence-electron chi connectivity index (χ0n) is 22.9. The number of benzene rings is 4. The van der Waals surface area contributed by atoms with E-state index in [0.29, 0.717) is 0 Å². The van der Waals surface area contributed by atoms with Crippen LogP contribution in [0.25, 0.3) is 22.3 Å². The lowest BCUT2D eigenvalue weighted by atomic mass is 9.81. The maximum Gasteiger partial charge on any atom is 0.0454 e. The Kier molecular flexibility index (Phi) is 6.07. The van der Waals surface area contributed by atoms with E-state index in [0.717, 1.165) is 12.8 Å². The third-order valence-electron chi connectivity index (χ3n) is 7.88. The molecule has 0 radical (unpaired) electrons. The van der Waals surface area contributed by atoms with Crippen molar-refractivity contribution >= 4 is 11.4 Å². The smallest absolute Gasteiger partial charge is 0.0454 e. The molecule has 36 heavy (non-hydrogen) atoms. The molecule has 1 heteroatoms. The molecule has 0 aliphatic heterocycles. The zero-order valence-corrected chi connectivity index (χ0v) is 22.9. The number of aryl methyl sites for hydroxylation is 2. The molecule has 0 N–H and O–H groups in total. The topological polar surface area (TPSA) is 3.24 Å². The van der Waals surface area contributed by atoms with Gasteiger partial charge < -0.3 is 4.90 Å². The lowest BCUT2D eigenvalue weighted by Gasteiger charge is -2.41. The van der Waals surface area contributed by atoms with Crippen molar-refractivity contribution in [2.24, 2.45) is 0 Å². The first kappa shape index (κ1) is 24.4. The van der Waals surface area contributed by atoms with Gasteiger partial charge in [0.05, 0.1) is 0 Å². The van der Waals surface area contributed by atoms with Gasteiger partial charge in [0, 0.05) is 22.3 Å². The molecule has 1 nitrogen and oxygen atoms in total. The molecule has 184 valence electrons. The molecule has 4 aromatic carbocycles. The summed E-state index contributed by atoms with van der Waals surface area (Å²) in [6.45, 7) is 16.3. The first-order valence-electron chi connectivity index (χ1n) is 13.4. The summed E-state index contributed by atoms with van der Waals surface area (Å²) in [6, 6.07) is 31.7. The van der Waals surface area contributed by atoms with E-state index in [4.69, 9.17) is 0 Å². The first-order chi connectivity index (χ1) is 17.2. The molecule has 5 rings (SSSR count). The monoisotopic (exact) mass is 473 g/mol. The van der Waals surface area contributed by atoms with Gasteiger partial charge in [-0.2, -0.15) is 0 Å². The Balaban J connectivity index is 1.72. The minimum absolute atomic E-state index is 0.0207. The number of rotatable bonds is 5. The maximum absolute atomic E-state index is 2.59. The number of hydrogen-bond acceptors (Lipinski definition) is 1. The summed E-state index contributed by atoms with van der Waals surface area (Å²) < 4.78 is 0. The number of nitrogens with zero attached hydrogens (tertiary/aromatic N) is 1. The largest absolute Gasteiger partial charge is 0.336 e. The Morgan fingerprint density at radius 3 is 1.92 bits per heavy atom. The number of anilines is 2. The molecule has 0 heterocycles. The van der Waals surface area contributed by atoms with E-state index in [-0.39, 0.29) is 11.0 Å². The summed E-state index contributed by atoms with van der Waals surface area (Å²) >= 11 is 0. The average Bonchev–Trinajstić information content (AvgIpc) is 3.09. The van der Waals surface area contributed by atoms with E-state index < -0.39 is 0 Å². The van der Waals surface area contributed by atoms with Crippen molar-refractivity contribution in [1.29, 1.82) is 0 Å². The molecule has 0 saturated heterocycles. The van der Waals surface area contributed by atoms with Crippen LogP contribution in [0.3, 0.4) is 0 Å². The van der Waals surface area contributed by atoms with Crippen molar-refractivity contribution in [1.82, 2.24) is 0 Å². The van der Waals surface area contributed by atoms with Gasteiger partial charge in [0.1, 0.15) is 0 Å². The van der Waals surface area contributed by atoms with Crippen molar-refractivity contribution in [2.75, 3.05) is 4.90 Å². The van der Waals surface area contributed by atoms with Crippen LogP contribution in [0.2, 0.25) is 0 Å². The highest BCUT2D eigenvalue weighted by atomic mass is 15.2. The van der Waals surface area contributed by atoms with E-state index in [1.165, 1.54) is 55.9 Å². The van der Waals surface area contributed by atoms with E-state index >= 15 is 0 Å². The normalized spacial score (nSPS) is 13.9. The minimum atomic E-state index is -0.0794. The standard InChI is InChI=1S/C35H39N/c1-8-24-21-27(26-15-11-10-12-16-26)19-20-32(24)36(34(3,4)5)33-23-29-28-17-13-14-18-30(28)35(6,7)31(29)22-25(33)9-2/h10-23H,8-9H2,1-7H3. The Labute approximate surface area is 217 Å². The van der Waals surface area contributed by atoms with Gasteiger partial charge in [0.2, 0.25) is 0 Å². The van der Waals surface area contributed by atoms with Gasteiger partial charge in [-0.15, -0.1) is 0 Å². The van der Waals surface area contributed by atoms with Gasteiger partial charge in [-0.25, -0.2) is 0 Å². The summed E-state index contributed by atoms with van der Waals surface area (Å²) in [5, 5.41) is 0. The number of hydrogen-bond donors (Lipinski definition) is 0.